The van der Waals surface area contributed by atoms with Crippen LogP contribution < -0.4 is 5.32 Å². The minimum Gasteiger partial charge on any atom is -0.334 e. The number of hydrogen-bond donors (Lipinski definition) is 1. The molecule has 0 fully saturated rings. The van der Waals surface area contributed by atoms with Crippen molar-refractivity contribution in [1.29, 1.82) is 0 Å². The zero-order chi connectivity index (χ0) is 16.8. The molecule has 0 aliphatic heterocycles. The average molecular weight is 321 g/mol. The lowest BCUT2D eigenvalue weighted by Gasteiger charge is -2.17. The van der Waals surface area contributed by atoms with Gasteiger partial charge >= 0.3 is 6.03 Å². The zero-order valence-corrected chi connectivity index (χ0v) is 13.5. The van der Waals surface area contributed by atoms with E-state index in [9.17, 15) is 4.79 Å². The number of carbonyl (C=O) groups is 1. The number of nitrogens with zero attached hydrogens (tertiary/aromatic N) is 4. The molecule has 0 aliphatic carbocycles. The molecule has 2 amide bonds. The van der Waals surface area contributed by atoms with Crippen LogP contribution in [0.25, 0.3) is 5.69 Å². The number of carbonyl (C=O) groups excluding carboxylic acids is 1. The van der Waals surface area contributed by atoms with E-state index in [-0.39, 0.29) is 6.03 Å². The van der Waals surface area contributed by atoms with Crippen molar-refractivity contribution in [2.75, 3.05) is 7.05 Å². The highest BCUT2D eigenvalue weighted by Crippen LogP contribution is 2.09. The summed E-state index contributed by atoms with van der Waals surface area (Å²) >= 11 is 0. The molecule has 3 rings (SSSR count). The molecule has 3 aromatic rings. The molecule has 2 aromatic heterocycles. The molecule has 0 unspecified atom stereocenters. The summed E-state index contributed by atoms with van der Waals surface area (Å²) in [5.41, 5.74) is 2.94. The fourth-order valence-corrected chi connectivity index (χ4v) is 2.32. The lowest BCUT2D eigenvalue weighted by atomic mass is 10.2. The van der Waals surface area contributed by atoms with E-state index in [0.29, 0.717) is 13.1 Å². The van der Waals surface area contributed by atoms with Crippen LogP contribution in [0.2, 0.25) is 0 Å². The van der Waals surface area contributed by atoms with Gasteiger partial charge in [0.25, 0.3) is 0 Å². The first kappa shape index (κ1) is 15.7. The molecule has 0 radical (unpaired) electrons. The molecule has 0 spiro atoms. The van der Waals surface area contributed by atoms with Crippen LogP contribution in [-0.4, -0.2) is 32.5 Å². The molecule has 1 N–H and O–H groups in total. The monoisotopic (exact) mass is 321 g/mol. The average Bonchev–Trinajstić information content (AvgIpc) is 3.15. The standard InChI is InChI=1S/C18H19N5O/c1-22(13-16-4-2-3-9-20-16)18(24)21-12-15-5-7-17(8-6-15)23-11-10-19-14-23/h2-11,14H,12-13H2,1H3,(H,21,24). The van der Waals surface area contributed by atoms with E-state index in [1.54, 1.807) is 30.7 Å². The minimum atomic E-state index is -0.126. The highest BCUT2D eigenvalue weighted by atomic mass is 16.2. The van der Waals surface area contributed by atoms with Gasteiger partial charge in [-0.05, 0) is 29.8 Å². The molecule has 2 heterocycles. The Bertz CT molecular complexity index is 769. The topological polar surface area (TPSA) is 63.1 Å². The summed E-state index contributed by atoms with van der Waals surface area (Å²) < 4.78 is 1.93. The molecular weight excluding hydrogens is 302 g/mol. The Morgan fingerprint density at radius 3 is 2.67 bits per heavy atom. The van der Waals surface area contributed by atoms with Crippen molar-refractivity contribution in [3.8, 4) is 5.69 Å². The van der Waals surface area contributed by atoms with E-state index in [1.165, 1.54) is 0 Å². The van der Waals surface area contributed by atoms with Crippen LogP contribution in [0.4, 0.5) is 4.79 Å². The largest absolute Gasteiger partial charge is 0.334 e. The molecule has 0 bridgehead atoms. The molecule has 122 valence electrons. The van der Waals surface area contributed by atoms with Gasteiger partial charge in [-0.2, -0.15) is 0 Å². The minimum absolute atomic E-state index is 0.126. The second-order valence-corrected chi connectivity index (χ2v) is 5.47. The van der Waals surface area contributed by atoms with Gasteiger partial charge in [0.05, 0.1) is 18.6 Å². The van der Waals surface area contributed by atoms with E-state index in [2.05, 4.69) is 15.3 Å². The van der Waals surface area contributed by atoms with E-state index < -0.39 is 0 Å². The second-order valence-electron chi connectivity index (χ2n) is 5.47. The SMILES string of the molecule is CN(Cc1ccccn1)C(=O)NCc1ccc(-n2ccnc2)cc1. The van der Waals surface area contributed by atoms with Gasteiger partial charge < -0.3 is 14.8 Å². The number of urea groups is 1. The smallest absolute Gasteiger partial charge is 0.317 e. The molecule has 0 aliphatic rings. The Hall–Kier alpha value is -3.15. The molecule has 1 aromatic carbocycles. The molecule has 6 heteroatoms. The number of aromatic nitrogens is 3. The zero-order valence-electron chi connectivity index (χ0n) is 13.5. The molecular formula is C18H19N5O. The first-order chi connectivity index (χ1) is 11.7. The summed E-state index contributed by atoms with van der Waals surface area (Å²) in [5.74, 6) is 0. The van der Waals surface area contributed by atoms with Crippen molar-refractivity contribution in [1.82, 2.24) is 24.8 Å². The summed E-state index contributed by atoms with van der Waals surface area (Å²) in [6, 6.07) is 13.5. The Morgan fingerprint density at radius 2 is 2.00 bits per heavy atom. The number of rotatable bonds is 5. The lowest BCUT2D eigenvalue weighted by molar-refractivity contribution is 0.206. The first-order valence-corrected chi connectivity index (χ1v) is 7.68. The van der Waals surface area contributed by atoms with Crippen LogP contribution in [0.5, 0.6) is 0 Å². The summed E-state index contributed by atoms with van der Waals surface area (Å²) in [6.45, 7) is 0.960. The van der Waals surface area contributed by atoms with E-state index in [0.717, 1.165) is 16.9 Å². The number of nitrogens with one attached hydrogen (secondary N) is 1. The maximum absolute atomic E-state index is 12.1. The van der Waals surface area contributed by atoms with Gasteiger partial charge in [-0.3, -0.25) is 4.98 Å². The summed E-state index contributed by atoms with van der Waals surface area (Å²) in [5, 5.41) is 2.91. The normalized spacial score (nSPS) is 10.4. The van der Waals surface area contributed by atoms with Gasteiger partial charge in [-0.25, -0.2) is 9.78 Å². The van der Waals surface area contributed by atoms with Gasteiger partial charge in [0, 0.05) is 37.9 Å². The lowest BCUT2D eigenvalue weighted by Crippen LogP contribution is -2.36. The second kappa shape index (κ2) is 7.41. The van der Waals surface area contributed by atoms with Crippen molar-refractivity contribution < 1.29 is 4.79 Å². The third-order valence-corrected chi connectivity index (χ3v) is 3.65. The first-order valence-electron chi connectivity index (χ1n) is 7.68. The van der Waals surface area contributed by atoms with Gasteiger partial charge in [-0.1, -0.05) is 18.2 Å². The number of pyridine rings is 1. The maximum Gasteiger partial charge on any atom is 0.317 e. The highest BCUT2D eigenvalue weighted by molar-refractivity contribution is 5.73. The van der Waals surface area contributed by atoms with Crippen molar-refractivity contribution >= 4 is 6.03 Å². The Kier molecular flexibility index (Phi) is 4.86. The predicted octanol–water partition coefficient (Wildman–Crippen LogP) is 2.61. The predicted molar refractivity (Wildman–Crippen MR) is 91.5 cm³/mol. The van der Waals surface area contributed by atoms with Gasteiger partial charge in [0.15, 0.2) is 0 Å². The van der Waals surface area contributed by atoms with E-state index in [1.807, 2.05) is 53.2 Å². The van der Waals surface area contributed by atoms with E-state index in [4.69, 9.17) is 0 Å². The van der Waals surface area contributed by atoms with Gasteiger partial charge in [0.1, 0.15) is 0 Å². The molecule has 0 saturated carbocycles. The van der Waals surface area contributed by atoms with Crippen molar-refractivity contribution in [3.63, 3.8) is 0 Å². The van der Waals surface area contributed by atoms with Crippen LogP contribution in [0, 0.1) is 0 Å². The summed E-state index contributed by atoms with van der Waals surface area (Å²) in [4.78, 5) is 22.0. The van der Waals surface area contributed by atoms with Crippen LogP contribution in [0.15, 0.2) is 67.4 Å². The molecule has 0 atom stereocenters. The number of hydrogen-bond acceptors (Lipinski definition) is 3. The van der Waals surface area contributed by atoms with Crippen LogP contribution in [0.1, 0.15) is 11.3 Å². The number of amides is 2. The quantitative estimate of drug-likeness (QED) is 0.786. The highest BCUT2D eigenvalue weighted by Gasteiger charge is 2.09. The third-order valence-electron chi connectivity index (χ3n) is 3.65. The maximum atomic E-state index is 12.1. The fourth-order valence-electron chi connectivity index (χ4n) is 2.32. The van der Waals surface area contributed by atoms with E-state index >= 15 is 0 Å². The molecule has 0 saturated heterocycles. The molecule has 6 nitrogen and oxygen atoms in total. The van der Waals surface area contributed by atoms with Crippen molar-refractivity contribution in [2.24, 2.45) is 0 Å². The van der Waals surface area contributed by atoms with Crippen molar-refractivity contribution in [2.45, 2.75) is 13.1 Å². The van der Waals surface area contributed by atoms with Crippen LogP contribution >= 0.6 is 0 Å². The third kappa shape index (κ3) is 3.98. The van der Waals surface area contributed by atoms with Gasteiger partial charge in [0.2, 0.25) is 0 Å². The number of benzene rings is 1. The summed E-state index contributed by atoms with van der Waals surface area (Å²) in [6.07, 6.45) is 7.11. The van der Waals surface area contributed by atoms with Crippen LogP contribution in [0.3, 0.4) is 0 Å². The Morgan fingerprint density at radius 1 is 1.17 bits per heavy atom. The fraction of sp³-hybridized carbons (Fsp3) is 0.167. The Labute approximate surface area is 140 Å². The van der Waals surface area contributed by atoms with Crippen molar-refractivity contribution in [3.05, 3.63) is 78.6 Å². The molecule has 24 heavy (non-hydrogen) atoms. The Balaban J connectivity index is 1.52. The number of imidazole rings is 1. The van der Waals surface area contributed by atoms with Crippen LogP contribution in [-0.2, 0) is 13.1 Å². The van der Waals surface area contributed by atoms with Gasteiger partial charge in [-0.15, -0.1) is 0 Å². The summed E-state index contributed by atoms with van der Waals surface area (Å²) in [7, 11) is 1.76.